The lowest BCUT2D eigenvalue weighted by Crippen LogP contribution is -2.29. The molecule has 0 aromatic heterocycles. The standard InChI is InChI=1S/C16H13NO4/c18-12-8-21-13-4-2-9-5-6-17-7-10(16(19)20)1-3-11(17)14(9)15(12)13/h2-4,7H,1,5-6,8H2,(H,19,20). The maximum Gasteiger partial charge on any atom is 0.333 e. The van der Waals surface area contributed by atoms with Crippen molar-refractivity contribution in [3.8, 4) is 5.75 Å². The van der Waals surface area contributed by atoms with Gasteiger partial charge < -0.3 is 14.7 Å². The van der Waals surface area contributed by atoms with Crippen LogP contribution in [0.4, 0.5) is 0 Å². The summed E-state index contributed by atoms with van der Waals surface area (Å²) in [7, 11) is 0. The molecule has 0 fully saturated rings. The third kappa shape index (κ3) is 1.70. The molecular weight excluding hydrogens is 270 g/mol. The quantitative estimate of drug-likeness (QED) is 0.851. The zero-order valence-corrected chi connectivity index (χ0v) is 11.3. The summed E-state index contributed by atoms with van der Waals surface area (Å²) < 4.78 is 5.41. The topological polar surface area (TPSA) is 66.8 Å². The van der Waals surface area contributed by atoms with Crippen LogP contribution < -0.4 is 4.74 Å². The summed E-state index contributed by atoms with van der Waals surface area (Å²) in [4.78, 5) is 25.2. The molecule has 4 rings (SSSR count). The largest absolute Gasteiger partial charge is 0.485 e. The molecule has 3 heterocycles. The molecule has 0 spiro atoms. The number of carboxylic acid groups (broad SMARTS) is 1. The Kier molecular flexibility index (Phi) is 2.45. The van der Waals surface area contributed by atoms with Gasteiger partial charge in [-0.15, -0.1) is 0 Å². The van der Waals surface area contributed by atoms with Gasteiger partial charge in [-0.3, -0.25) is 4.79 Å². The van der Waals surface area contributed by atoms with E-state index in [4.69, 9.17) is 9.84 Å². The normalized spacial score (nSPS) is 19.0. The zero-order valence-electron chi connectivity index (χ0n) is 11.3. The minimum atomic E-state index is -0.895. The SMILES string of the molecule is O=C(O)C1=CN2CCc3ccc4c(c3C2=CC1)C(=O)CO4. The number of benzene rings is 1. The highest BCUT2D eigenvalue weighted by Crippen LogP contribution is 2.40. The van der Waals surface area contributed by atoms with Gasteiger partial charge in [-0.05, 0) is 18.1 Å². The molecule has 0 saturated carbocycles. The van der Waals surface area contributed by atoms with Gasteiger partial charge in [0.2, 0.25) is 5.78 Å². The number of carbonyl (C=O) groups is 2. The van der Waals surface area contributed by atoms with E-state index in [2.05, 4.69) is 0 Å². The summed E-state index contributed by atoms with van der Waals surface area (Å²) in [5.41, 5.74) is 3.99. The third-order valence-corrected chi connectivity index (χ3v) is 4.18. The van der Waals surface area contributed by atoms with Crippen LogP contribution >= 0.6 is 0 Å². The Labute approximate surface area is 121 Å². The Morgan fingerprint density at radius 3 is 2.95 bits per heavy atom. The van der Waals surface area contributed by atoms with Crippen molar-refractivity contribution in [1.29, 1.82) is 0 Å². The van der Waals surface area contributed by atoms with Gasteiger partial charge in [0.1, 0.15) is 5.75 Å². The minimum absolute atomic E-state index is 0.00221. The van der Waals surface area contributed by atoms with E-state index in [0.717, 1.165) is 29.8 Å². The molecule has 1 N–H and O–H groups in total. The van der Waals surface area contributed by atoms with Crippen molar-refractivity contribution in [3.63, 3.8) is 0 Å². The summed E-state index contributed by atoms with van der Waals surface area (Å²) in [6, 6.07) is 3.86. The number of ketones is 1. The average molecular weight is 283 g/mol. The number of hydrogen-bond donors (Lipinski definition) is 1. The van der Waals surface area contributed by atoms with E-state index in [0.29, 0.717) is 23.3 Å². The second-order valence-electron chi connectivity index (χ2n) is 5.38. The molecule has 0 amide bonds. The Balaban J connectivity index is 1.86. The number of ether oxygens (including phenoxy) is 1. The van der Waals surface area contributed by atoms with Gasteiger partial charge in [0.15, 0.2) is 6.61 Å². The summed E-state index contributed by atoms with van der Waals surface area (Å²) >= 11 is 0. The number of rotatable bonds is 1. The summed E-state index contributed by atoms with van der Waals surface area (Å²) in [5.74, 6) is -0.263. The summed E-state index contributed by atoms with van der Waals surface area (Å²) in [6.45, 7) is 0.818. The molecule has 1 aromatic rings. The van der Waals surface area contributed by atoms with Gasteiger partial charge >= 0.3 is 5.97 Å². The van der Waals surface area contributed by atoms with Crippen molar-refractivity contribution in [1.82, 2.24) is 4.90 Å². The maximum atomic E-state index is 12.1. The van der Waals surface area contributed by atoms with Crippen molar-refractivity contribution < 1.29 is 19.4 Å². The molecule has 0 aliphatic carbocycles. The Hall–Kier alpha value is -2.56. The number of allylic oxidation sites excluding steroid dienone is 1. The van der Waals surface area contributed by atoms with Crippen LogP contribution in [0.5, 0.6) is 5.75 Å². The van der Waals surface area contributed by atoms with E-state index in [1.54, 1.807) is 6.20 Å². The monoisotopic (exact) mass is 283 g/mol. The molecule has 0 unspecified atom stereocenters. The average Bonchev–Trinajstić information content (AvgIpc) is 2.87. The number of fused-ring (bicyclic) bond motifs is 5. The van der Waals surface area contributed by atoms with Crippen LogP contribution in [0.1, 0.15) is 27.9 Å². The number of carbonyl (C=O) groups excluding carboxylic acids is 1. The van der Waals surface area contributed by atoms with Crippen molar-refractivity contribution in [2.24, 2.45) is 0 Å². The van der Waals surface area contributed by atoms with Crippen molar-refractivity contribution in [2.75, 3.05) is 13.2 Å². The molecule has 0 radical (unpaired) electrons. The first-order chi connectivity index (χ1) is 10.1. The molecule has 0 bridgehead atoms. The molecule has 1 aromatic carbocycles. The predicted molar refractivity (Wildman–Crippen MR) is 75.0 cm³/mol. The molecular formula is C16H13NO4. The van der Waals surface area contributed by atoms with Crippen LogP contribution in [0, 0.1) is 0 Å². The lowest BCUT2D eigenvalue weighted by molar-refractivity contribution is -0.132. The maximum absolute atomic E-state index is 12.1. The summed E-state index contributed by atoms with van der Waals surface area (Å²) in [6.07, 6.45) is 4.74. The first kappa shape index (κ1) is 12.2. The fraction of sp³-hybridized carbons (Fsp3) is 0.250. The van der Waals surface area contributed by atoms with Crippen molar-refractivity contribution >= 4 is 17.4 Å². The van der Waals surface area contributed by atoms with E-state index >= 15 is 0 Å². The molecule has 3 aliphatic heterocycles. The molecule has 0 saturated heterocycles. The van der Waals surface area contributed by atoms with E-state index in [-0.39, 0.29) is 12.4 Å². The number of aliphatic carboxylic acids is 1. The van der Waals surface area contributed by atoms with Crippen LogP contribution in [0.15, 0.2) is 30.0 Å². The lowest BCUT2D eigenvalue weighted by Gasteiger charge is -2.34. The fourth-order valence-corrected chi connectivity index (χ4v) is 3.19. The van der Waals surface area contributed by atoms with E-state index in [9.17, 15) is 9.59 Å². The molecule has 5 nitrogen and oxygen atoms in total. The smallest absolute Gasteiger partial charge is 0.333 e. The van der Waals surface area contributed by atoms with E-state index in [1.165, 1.54) is 0 Å². The lowest BCUT2D eigenvalue weighted by atomic mass is 9.88. The van der Waals surface area contributed by atoms with Gasteiger partial charge in [-0.2, -0.15) is 0 Å². The molecule has 0 atom stereocenters. The number of Topliss-reactive ketones (excluding diaryl/α,β-unsaturated/α-hetero) is 1. The highest BCUT2D eigenvalue weighted by atomic mass is 16.5. The molecule has 106 valence electrons. The number of nitrogens with zero attached hydrogens (tertiary/aromatic N) is 1. The van der Waals surface area contributed by atoms with Crippen LogP contribution in [0.3, 0.4) is 0 Å². The predicted octanol–water partition coefficient (Wildman–Crippen LogP) is 1.83. The van der Waals surface area contributed by atoms with Gasteiger partial charge in [0.25, 0.3) is 0 Å². The van der Waals surface area contributed by atoms with Gasteiger partial charge in [0.05, 0.1) is 11.1 Å². The van der Waals surface area contributed by atoms with Crippen LogP contribution in [0.2, 0.25) is 0 Å². The van der Waals surface area contributed by atoms with Crippen molar-refractivity contribution in [3.05, 3.63) is 46.7 Å². The van der Waals surface area contributed by atoms with Crippen LogP contribution in [-0.2, 0) is 11.2 Å². The minimum Gasteiger partial charge on any atom is -0.485 e. The Morgan fingerprint density at radius 2 is 2.14 bits per heavy atom. The second-order valence-corrected chi connectivity index (χ2v) is 5.38. The third-order valence-electron chi connectivity index (χ3n) is 4.18. The Bertz CT molecular complexity index is 745. The highest BCUT2D eigenvalue weighted by Gasteiger charge is 2.33. The highest BCUT2D eigenvalue weighted by molar-refractivity contribution is 6.07. The van der Waals surface area contributed by atoms with Gasteiger partial charge in [0, 0.05) is 30.4 Å². The molecule has 5 heteroatoms. The Morgan fingerprint density at radius 1 is 1.29 bits per heavy atom. The van der Waals surface area contributed by atoms with E-state index in [1.807, 2.05) is 23.1 Å². The van der Waals surface area contributed by atoms with Gasteiger partial charge in [-0.25, -0.2) is 4.79 Å². The van der Waals surface area contributed by atoms with E-state index < -0.39 is 5.97 Å². The summed E-state index contributed by atoms with van der Waals surface area (Å²) in [5, 5.41) is 9.12. The van der Waals surface area contributed by atoms with Gasteiger partial charge in [-0.1, -0.05) is 12.1 Å². The van der Waals surface area contributed by atoms with Crippen LogP contribution in [-0.4, -0.2) is 34.9 Å². The first-order valence-corrected chi connectivity index (χ1v) is 6.88. The molecule has 3 aliphatic rings. The molecule has 21 heavy (non-hydrogen) atoms. The number of hydrogen-bond acceptors (Lipinski definition) is 4. The zero-order chi connectivity index (χ0) is 14.6. The van der Waals surface area contributed by atoms with Crippen LogP contribution in [0.25, 0.3) is 5.70 Å². The first-order valence-electron chi connectivity index (χ1n) is 6.88. The second kappa shape index (κ2) is 4.22. The van der Waals surface area contributed by atoms with Crippen molar-refractivity contribution in [2.45, 2.75) is 12.8 Å². The number of carboxylic acids is 1. The fourth-order valence-electron chi connectivity index (χ4n) is 3.19.